The average Bonchev–Trinajstić information content (AvgIpc) is 2.18. The zero-order valence-corrected chi connectivity index (χ0v) is 9.66. The van der Waals surface area contributed by atoms with Crippen molar-refractivity contribution < 1.29 is 0 Å². The summed E-state index contributed by atoms with van der Waals surface area (Å²) >= 11 is 0. The van der Waals surface area contributed by atoms with Crippen molar-refractivity contribution in [3.8, 4) is 0 Å². The number of likely N-dealkylation sites (N-methyl/N-ethyl adjacent to an activating group) is 1. The van der Waals surface area contributed by atoms with Crippen LogP contribution < -0.4 is 5.73 Å². The van der Waals surface area contributed by atoms with E-state index in [0.717, 1.165) is 13.0 Å². The Bertz CT molecular complexity index is 331. The fourth-order valence-corrected chi connectivity index (χ4v) is 2.43. The van der Waals surface area contributed by atoms with Crippen LogP contribution in [-0.2, 0) is 5.54 Å². The summed E-state index contributed by atoms with van der Waals surface area (Å²) in [6, 6.07) is 8.65. The quantitative estimate of drug-likeness (QED) is 0.756. The highest BCUT2D eigenvalue weighted by atomic mass is 15.1. The second-order valence-electron chi connectivity index (χ2n) is 4.86. The Kier molecular flexibility index (Phi) is 2.81. The van der Waals surface area contributed by atoms with E-state index in [1.54, 1.807) is 0 Å². The third kappa shape index (κ3) is 2.21. The Hall–Kier alpha value is -0.860. The van der Waals surface area contributed by atoms with E-state index in [-0.39, 0.29) is 5.54 Å². The van der Waals surface area contributed by atoms with Crippen molar-refractivity contribution >= 4 is 0 Å². The van der Waals surface area contributed by atoms with Crippen LogP contribution in [0.2, 0.25) is 0 Å². The van der Waals surface area contributed by atoms with Gasteiger partial charge in [0.15, 0.2) is 0 Å². The molecule has 0 bridgehead atoms. The van der Waals surface area contributed by atoms with E-state index in [1.165, 1.54) is 24.1 Å². The zero-order valence-electron chi connectivity index (χ0n) is 9.66. The molecule has 82 valence electrons. The number of rotatable bonds is 1. The summed E-state index contributed by atoms with van der Waals surface area (Å²) in [7, 11) is 2.15. The first-order valence-corrected chi connectivity index (χ1v) is 5.65. The molecule has 1 aromatic rings. The van der Waals surface area contributed by atoms with Crippen molar-refractivity contribution in [1.29, 1.82) is 0 Å². The molecule has 0 amide bonds. The van der Waals surface area contributed by atoms with Gasteiger partial charge in [-0.15, -0.1) is 0 Å². The number of benzene rings is 1. The fourth-order valence-electron chi connectivity index (χ4n) is 2.43. The smallest absolute Gasteiger partial charge is 0.0538 e. The lowest BCUT2D eigenvalue weighted by molar-refractivity contribution is 0.179. The number of likely N-dealkylation sites (tertiary alicyclic amines) is 1. The summed E-state index contributed by atoms with van der Waals surface area (Å²) in [6.45, 7) is 4.25. The van der Waals surface area contributed by atoms with Gasteiger partial charge in [0, 0.05) is 6.54 Å². The highest BCUT2D eigenvalue weighted by molar-refractivity contribution is 5.28. The predicted molar refractivity (Wildman–Crippen MR) is 63.8 cm³/mol. The SMILES string of the molecule is Cc1ccc(C2(N)CCCN(C)C2)cc1. The third-order valence-electron chi connectivity index (χ3n) is 3.34. The highest BCUT2D eigenvalue weighted by Gasteiger charge is 2.31. The van der Waals surface area contributed by atoms with Gasteiger partial charge in [-0.1, -0.05) is 29.8 Å². The standard InChI is InChI=1S/C13H20N2/c1-11-4-6-12(7-5-11)13(14)8-3-9-15(2)10-13/h4-7H,3,8-10,14H2,1-2H3. The van der Waals surface area contributed by atoms with E-state index >= 15 is 0 Å². The van der Waals surface area contributed by atoms with Crippen molar-refractivity contribution in [2.75, 3.05) is 20.1 Å². The Morgan fingerprint density at radius 3 is 2.53 bits per heavy atom. The van der Waals surface area contributed by atoms with E-state index in [2.05, 4.69) is 43.1 Å². The first kappa shape index (κ1) is 10.7. The van der Waals surface area contributed by atoms with Crippen molar-refractivity contribution in [2.45, 2.75) is 25.3 Å². The monoisotopic (exact) mass is 204 g/mol. The summed E-state index contributed by atoms with van der Waals surface area (Å²) in [5.41, 5.74) is 8.92. The Morgan fingerprint density at radius 2 is 1.93 bits per heavy atom. The van der Waals surface area contributed by atoms with Gasteiger partial charge in [0.05, 0.1) is 5.54 Å². The molecule has 0 radical (unpaired) electrons. The zero-order chi connectivity index (χ0) is 10.9. The molecule has 1 atom stereocenters. The van der Waals surface area contributed by atoms with Crippen LogP contribution in [0.4, 0.5) is 0 Å². The van der Waals surface area contributed by atoms with Gasteiger partial charge in [-0.2, -0.15) is 0 Å². The van der Waals surface area contributed by atoms with E-state index in [1.807, 2.05) is 0 Å². The lowest BCUT2D eigenvalue weighted by atomic mass is 9.83. The van der Waals surface area contributed by atoms with Crippen LogP contribution in [-0.4, -0.2) is 25.0 Å². The predicted octanol–water partition coefficient (Wildman–Crippen LogP) is 1.87. The molecular formula is C13H20N2. The maximum Gasteiger partial charge on any atom is 0.0538 e. The van der Waals surface area contributed by atoms with E-state index in [4.69, 9.17) is 5.73 Å². The Labute approximate surface area is 92.1 Å². The van der Waals surface area contributed by atoms with Crippen molar-refractivity contribution in [3.05, 3.63) is 35.4 Å². The minimum absolute atomic E-state index is 0.138. The van der Waals surface area contributed by atoms with Crippen LogP contribution in [0, 0.1) is 6.92 Å². The van der Waals surface area contributed by atoms with E-state index in [0.29, 0.717) is 0 Å². The number of aryl methyl sites for hydroxylation is 1. The molecule has 2 nitrogen and oxygen atoms in total. The number of nitrogens with two attached hydrogens (primary N) is 1. The minimum atomic E-state index is -0.138. The second-order valence-corrected chi connectivity index (χ2v) is 4.86. The first-order chi connectivity index (χ1) is 7.10. The molecule has 0 aliphatic carbocycles. The van der Waals surface area contributed by atoms with Crippen LogP contribution in [0.25, 0.3) is 0 Å². The molecule has 0 spiro atoms. The summed E-state index contributed by atoms with van der Waals surface area (Å²) in [6.07, 6.45) is 2.29. The van der Waals surface area contributed by atoms with Crippen LogP contribution in [0.5, 0.6) is 0 Å². The van der Waals surface area contributed by atoms with Crippen molar-refractivity contribution in [1.82, 2.24) is 4.90 Å². The summed E-state index contributed by atoms with van der Waals surface area (Å²) < 4.78 is 0. The molecule has 15 heavy (non-hydrogen) atoms. The van der Waals surface area contributed by atoms with E-state index in [9.17, 15) is 0 Å². The highest BCUT2D eigenvalue weighted by Crippen LogP contribution is 2.28. The minimum Gasteiger partial charge on any atom is -0.320 e. The molecule has 1 saturated heterocycles. The van der Waals surface area contributed by atoms with Gasteiger partial charge in [0.2, 0.25) is 0 Å². The van der Waals surface area contributed by atoms with E-state index < -0.39 is 0 Å². The summed E-state index contributed by atoms with van der Waals surface area (Å²) in [5.74, 6) is 0. The number of hydrogen-bond donors (Lipinski definition) is 1. The molecule has 0 aromatic heterocycles. The van der Waals surface area contributed by atoms with Gasteiger partial charge in [-0.05, 0) is 38.9 Å². The molecule has 1 aromatic carbocycles. The Balaban J connectivity index is 2.24. The van der Waals surface area contributed by atoms with Gasteiger partial charge in [-0.3, -0.25) is 0 Å². The molecule has 1 heterocycles. The van der Waals surface area contributed by atoms with Gasteiger partial charge >= 0.3 is 0 Å². The maximum atomic E-state index is 6.48. The lowest BCUT2D eigenvalue weighted by Crippen LogP contribution is -2.50. The Morgan fingerprint density at radius 1 is 1.27 bits per heavy atom. The van der Waals surface area contributed by atoms with Gasteiger partial charge < -0.3 is 10.6 Å². The average molecular weight is 204 g/mol. The number of piperidine rings is 1. The molecule has 1 aliphatic rings. The fraction of sp³-hybridized carbons (Fsp3) is 0.538. The first-order valence-electron chi connectivity index (χ1n) is 5.65. The van der Waals surface area contributed by atoms with Crippen LogP contribution in [0.15, 0.2) is 24.3 Å². The van der Waals surface area contributed by atoms with Gasteiger partial charge in [0.25, 0.3) is 0 Å². The van der Waals surface area contributed by atoms with Crippen LogP contribution in [0.3, 0.4) is 0 Å². The molecule has 2 rings (SSSR count). The molecule has 2 N–H and O–H groups in total. The van der Waals surface area contributed by atoms with Crippen LogP contribution >= 0.6 is 0 Å². The normalized spacial score (nSPS) is 27.9. The second kappa shape index (κ2) is 3.95. The molecule has 1 unspecified atom stereocenters. The third-order valence-corrected chi connectivity index (χ3v) is 3.34. The van der Waals surface area contributed by atoms with Crippen molar-refractivity contribution in [2.24, 2.45) is 5.73 Å². The number of hydrogen-bond acceptors (Lipinski definition) is 2. The molecule has 0 saturated carbocycles. The molecular weight excluding hydrogens is 184 g/mol. The maximum absolute atomic E-state index is 6.48. The van der Waals surface area contributed by atoms with Crippen LogP contribution in [0.1, 0.15) is 24.0 Å². The molecule has 2 heteroatoms. The molecule has 1 fully saturated rings. The van der Waals surface area contributed by atoms with Gasteiger partial charge in [-0.25, -0.2) is 0 Å². The summed E-state index contributed by atoms with van der Waals surface area (Å²) in [4.78, 5) is 2.32. The topological polar surface area (TPSA) is 29.3 Å². The van der Waals surface area contributed by atoms with Gasteiger partial charge in [0.1, 0.15) is 0 Å². The molecule has 1 aliphatic heterocycles. The largest absolute Gasteiger partial charge is 0.320 e. The lowest BCUT2D eigenvalue weighted by Gasteiger charge is -2.39. The number of nitrogens with zero attached hydrogens (tertiary/aromatic N) is 1. The summed E-state index contributed by atoms with van der Waals surface area (Å²) in [5, 5.41) is 0. The van der Waals surface area contributed by atoms with Crippen molar-refractivity contribution in [3.63, 3.8) is 0 Å².